The van der Waals surface area contributed by atoms with Gasteiger partial charge in [0, 0.05) is 19.3 Å². The maximum Gasteiger partial charge on any atom is 0.306 e. The SMILES string of the molecule is CCCCCC/C=C\C/C=C\CCCCCCCC(=O)OC(COC(=O)CCCCCCCCCCCCCCC/C=C\CCCCCCCCCC)COC(=O)CCCCCCCCCCCCCCCCCC. The first-order valence-electron chi connectivity index (χ1n) is 33.5. The van der Waals surface area contributed by atoms with Crippen LogP contribution in [0.4, 0.5) is 0 Å². The van der Waals surface area contributed by atoms with Gasteiger partial charge in [0.15, 0.2) is 6.10 Å². The zero-order valence-corrected chi connectivity index (χ0v) is 50.6. The van der Waals surface area contributed by atoms with E-state index < -0.39 is 6.10 Å². The standard InChI is InChI=1S/C69H128O6/c1-4-7-10-13-16-19-22-25-28-31-32-33-34-35-36-37-38-39-42-44-47-50-53-56-59-62-68(71)74-65-66(75-69(72)63-60-57-54-51-48-45-41-30-27-24-21-18-15-12-9-6-3)64-73-67(70)61-58-55-52-49-46-43-40-29-26-23-20-17-14-11-8-5-2/h21,24,30-32,41,66H,4-20,22-23,25-29,33-40,42-65H2,1-3H3/b24-21-,32-31-,41-30-. The Balaban J connectivity index is 4.27. The highest BCUT2D eigenvalue weighted by atomic mass is 16.6. The molecule has 0 aliphatic heterocycles. The van der Waals surface area contributed by atoms with Gasteiger partial charge < -0.3 is 14.2 Å². The second-order valence-electron chi connectivity index (χ2n) is 22.7. The second-order valence-corrected chi connectivity index (χ2v) is 22.7. The maximum absolute atomic E-state index is 12.9. The fourth-order valence-electron chi connectivity index (χ4n) is 10.1. The number of esters is 3. The van der Waals surface area contributed by atoms with Gasteiger partial charge in [0.1, 0.15) is 13.2 Å². The molecule has 0 saturated carbocycles. The first kappa shape index (κ1) is 72.6. The van der Waals surface area contributed by atoms with Gasteiger partial charge in [-0.15, -0.1) is 0 Å². The van der Waals surface area contributed by atoms with Crippen LogP contribution in [0.3, 0.4) is 0 Å². The number of unbranched alkanes of at least 4 members (excludes halogenated alkanes) is 45. The van der Waals surface area contributed by atoms with E-state index in [-0.39, 0.29) is 31.1 Å². The van der Waals surface area contributed by atoms with Gasteiger partial charge in [-0.2, -0.15) is 0 Å². The van der Waals surface area contributed by atoms with Crippen molar-refractivity contribution in [2.45, 2.75) is 374 Å². The van der Waals surface area contributed by atoms with E-state index in [2.05, 4.69) is 57.2 Å². The normalized spacial score (nSPS) is 12.2. The summed E-state index contributed by atoms with van der Waals surface area (Å²) in [5.74, 6) is -0.861. The average Bonchev–Trinajstić information content (AvgIpc) is 3.41. The molecule has 0 bridgehead atoms. The summed E-state index contributed by atoms with van der Waals surface area (Å²) >= 11 is 0. The van der Waals surface area contributed by atoms with Gasteiger partial charge in [0.2, 0.25) is 0 Å². The van der Waals surface area contributed by atoms with Crippen LogP contribution in [0.15, 0.2) is 36.5 Å². The highest BCUT2D eigenvalue weighted by Gasteiger charge is 2.19. The van der Waals surface area contributed by atoms with Crippen molar-refractivity contribution >= 4 is 17.9 Å². The van der Waals surface area contributed by atoms with Gasteiger partial charge in [0.25, 0.3) is 0 Å². The van der Waals surface area contributed by atoms with E-state index in [1.165, 1.54) is 250 Å². The van der Waals surface area contributed by atoms with Crippen molar-refractivity contribution in [3.8, 4) is 0 Å². The highest BCUT2D eigenvalue weighted by molar-refractivity contribution is 5.71. The molecule has 0 N–H and O–H groups in total. The topological polar surface area (TPSA) is 78.9 Å². The van der Waals surface area contributed by atoms with Crippen LogP contribution < -0.4 is 0 Å². The molecule has 1 unspecified atom stereocenters. The third kappa shape index (κ3) is 62.4. The smallest absolute Gasteiger partial charge is 0.306 e. The first-order valence-corrected chi connectivity index (χ1v) is 33.5. The van der Waals surface area contributed by atoms with Crippen LogP contribution in [0.1, 0.15) is 367 Å². The molecule has 0 aromatic heterocycles. The van der Waals surface area contributed by atoms with Crippen LogP contribution in [-0.2, 0) is 28.6 Å². The zero-order chi connectivity index (χ0) is 54.3. The van der Waals surface area contributed by atoms with E-state index in [0.717, 1.165) is 77.0 Å². The molecule has 0 heterocycles. The van der Waals surface area contributed by atoms with Crippen LogP contribution in [0.2, 0.25) is 0 Å². The predicted octanol–water partition coefficient (Wildman–Crippen LogP) is 22.8. The van der Waals surface area contributed by atoms with E-state index in [1.807, 2.05) is 0 Å². The predicted molar refractivity (Wildman–Crippen MR) is 326 cm³/mol. The quantitative estimate of drug-likeness (QED) is 0.0261. The Hall–Kier alpha value is -2.37. The maximum atomic E-state index is 12.9. The van der Waals surface area contributed by atoms with Crippen molar-refractivity contribution in [2.75, 3.05) is 13.2 Å². The lowest BCUT2D eigenvalue weighted by atomic mass is 10.0. The number of ether oxygens (including phenoxy) is 3. The molecule has 1 atom stereocenters. The zero-order valence-electron chi connectivity index (χ0n) is 50.6. The van der Waals surface area contributed by atoms with Crippen LogP contribution >= 0.6 is 0 Å². The highest BCUT2D eigenvalue weighted by Crippen LogP contribution is 2.18. The Morgan fingerprint density at radius 3 is 0.760 bits per heavy atom. The monoisotopic (exact) mass is 1050 g/mol. The van der Waals surface area contributed by atoms with E-state index in [9.17, 15) is 14.4 Å². The lowest BCUT2D eigenvalue weighted by molar-refractivity contribution is -0.167. The molecule has 440 valence electrons. The minimum absolute atomic E-state index is 0.0731. The minimum atomic E-state index is -0.777. The average molecular weight is 1050 g/mol. The fraction of sp³-hybridized carbons (Fsp3) is 0.870. The summed E-state index contributed by atoms with van der Waals surface area (Å²) in [7, 11) is 0. The van der Waals surface area contributed by atoms with Crippen LogP contribution in [-0.4, -0.2) is 37.2 Å². The molecule has 0 fully saturated rings. The Morgan fingerprint density at radius 2 is 0.480 bits per heavy atom. The van der Waals surface area contributed by atoms with Gasteiger partial charge in [-0.3, -0.25) is 14.4 Å². The largest absolute Gasteiger partial charge is 0.462 e. The van der Waals surface area contributed by atoms with Crippen molar-refractivity contribution in [1.29, 1.82) is 0 Å². The second kappa shape index (κ2) is 64.2. The number of carbonyl (C=O) groups is 3. The molecule has 0 spiro atoms. The van der Waals surface area contributed by atoms with Crippen molar-refractivity contribution in [2.24, 2.45) is 0 Å². The molecule has 0 saturated heterocycles. The van der Waals surface area contributed by atoms with Crippen LogP contribution in [0.5, 0.6) is 0 Å². The Kier molecular flexibility index (Phi) is 62.1. The van der Waals surface area contributed by atoms with E-state index >= 15 is 0 Å². The van der Waals surface area contributed by atoms with Crippen molar-refractivity contribution in [3.63, 3.8) is 0 Å². The molecule has 0 amide bonds. The molecule has 0 radical (unpaired) electrons. The number of carbonyl (C=O) groups excluding carboxylic acids is 3. The third-order valence-corrected chi connectivity index (χ3v) is 15.1. The van der Waals surface area contributed by atoms with Crippen molar-refractivity contribution in [3.05, 3.63) is 36.5 Å². The summed E-state index contributed by atoms with van der Waals surface area (Å²) in [5, 5.41) is 0. The number of allylic oxidation sites excluding steroid dienone is 6. The number of hydrogen-bond acceptors (Lipinski definition) is 6. The van der Waals surface area contributed by atoms with Gasteiger partial charge in [-0.1, -0.05) is 308 Å². The molecule has 0 rings (SSSR count). The summed E-state index contributed by atoms with van der Waals surface area (Å²) in [6, 6.07) is 0. The molecular weight excluding hydrogens is 925 g/mol. The molecule has 75 heavy (non-hydrogen) atoms. The molecule has 0 aliphatic carbocycles. The summed E-state index contributed by atoms with van der Waals surface area (Å²) in [5.41, 5.74) is 0. The summed E-state index contributed by atoms with van der Waals surface area (Å²) < 4.78 is 17.0. The van der Waals surface area contributed by atoms with Gasteiger partial charge >= 0.3 is 17.9 Å². The number of rotatable bonds is 62. The van der Waals surface area contributed by atoms with Gasteiger partial charge in [-0.05, 0) is 77.0 Å². The van der Waals surface area contributed by atoms with E-state index in [1.54, 1.807) is 0 Å². The molecule has 6 nitrogen and oxygen atoms in total. The summed E-state index contributed by atoms with van der Waals surface area (Å²) in [4.78, 5) is 38.3. The lowest BCUT2D eigenvalue weighted by Crippen LogP contribution is -2.30. The van der Waals surface area contributed by atoms with Gasteiger partial charge in [0.05, 0.1) is 0 Å². The van der Waals surface area contributed by atoms with Crippen LogP contribution in [0.25, 0.3) is 0 Å². The Morgan fingerprint density at radius 1 is 0.267 bits per heavy atom. The summed E-state index contributed by atoms with van der Waals surface area (Å²) in [6.07, 6.45) is 78.7. The van der Waals surface area contributed by atoms with Crippen molar-refractivity contribution in [1.82, 2.24) is 0 Å². The third-order valence-electron chi connectivity index (χ3n) is 15.1. The summed E-state index contributed by atoms with van der Waals surface area (Å²) in [6.45, 7) is 6.68. The molecule has 0 aliphatic rings. The lowest BCUT2D eigenvalue weighted by Gasteiger charge is -2.18. The molecule has 0 aromatic carbocycles. The molecule has 6 heteroatoms. The Bertz CT molecular complexity index is 1250. The van der Waals surface area contributed by atoms with Crippen molar-refractivity contribution < 1.29 is 28.6 Å². The molecule has 0 aromatic rings. The minimum Gasteiger partial charge on any atom is -0.462 e. The Labute approximate surface area is 467 Å². The van der Waals surface area contributed by atoms with E-state index in [0.29, 0.717) is 19.3 Å². The number of hydrogen-bond donors (Lipinski definition) is 0. The molecular formula is C69H128O6. The van der Waals surface area contributed by atoms with Crippen LogP contribution in [0, 0.1) is 0 Å². The first-order chi connectivity index (χ1) is 37.0. The van der Waals surface area contributed by atoms with Gasteiger partial charge in [-0.25, -0.2) is 0 Å². The fourth-order valence-corrected chi connectivity index (χ4v) is 10.1. The van der Waals surface area contributed by atoms with E-state index in [4.69, 9.17) is 14.2 Å².